The Hall–Kier alpha value is -1.96. The first-order chi connectivity index (χ1) is 11.1. The van der Waals surface area contributed by atoms with E-state index in [1.807, 2.05) is 17.5 Å². The predicted molar refractivity (Wildman–Crippen MR) is 88.9 cm³/mol. The van der Waals surface area contributed by atoms with Crippen LogP contribution in [0.5, 0.6) is 0 Å². The molecule has 2 heterocycles. The van der Waals surface area contributed by atoms with Crippen LogP contribution in [-0.2, 0) is 4.74 Å². The van der Waals surface area contributed by atoms with Gasteiger partial charge in [0.25, 0.3) is 5.69 Å². The van der Waals surface area contributed by atoms with E-state index in [1.165, 1.54) is 23.5 Å². The smallest absolute Gasteiger partial charge is 0.269 e. The number of rotatable bonds is 5. The van der Waals surface area contributed by atoms with Crippen molar-refractivity contribution in [2.45, 2.75) is 18.6 Å². The average molecular weight is 334 g/mol. The molecule has 1 aromatic heterocycles. The molecular formula is C16H18N2O4S. The van der Waals surface area contributed by atoms with E-state index >= 15 is 0 Å². The molecule has 1 N–H and O–H groups in total. The van der Waals surface area contributed by atoms with E-state index in [0.717, 1.165) is 10.6 Å². The molecule has 0 radical (unpaired) electrons. The highest BCUT2D eigenvalue weighted by atomic mass is 32.1. The Morgan fingerprint density at radius 1 is 1.39 bits per heavy atom. The molecular weight excluding hydrogens is 316 g/mol. The number of non-ortho nitro benzene ring substituents is 1. The van der Waals surface area contributed by atoms with Crippen LogP contribution in [0.2, 0.25) is 0 Å². The molecule has 2 aromatic rings. The molecule has 1 aliphatic heterocycles. The summed E-state index contributed by atoms with van der Waals surface area (Å²) in [5.41, 5.74) is 0.999. The van der Waals surface area contributed by atoms with Crippen molar-refractivity contribution in [1.29, 1.82) is 0 Å². The van der Waals surface area contributed by atoms with Gasteiger partial charge < -0.3 is 14.7 Å². The van der Waals surface area contributed by atoms with Crippen molar-refractivity contribution >= 4 is 22.7 Å². The maximum Gasteiger partial charge on any atom is 0.269 e. The number of aliphatic hydroxyl groups excluding tert-OH is 1. The highest BCUT2D eigenvalue weighted by Crippen LogP contribution is 2.29. The van der Waals surface area contributed by atoms with Crippen LogP contribution in [0.4, 0.5) is 11.4 Å². The number of ether oxygens (including phenoxy) is 1. The van der Waals surface area contributed by atoms with Crippen molar-refractivity contribution in [2.75, 3.05) is 24.7 Å². The van der Waals surface area contributed by atoms with Gasteiger partial charge in [0.15, 0.2) is 0 Å². The van der Waals surface area contributed by atoms with Gasteiger partial charge in [0.05, 0.1) is 30.3 Å². The normalized spacial score (nSPS) is 19.5. The zero-order chi connectivity index (χ0) is 16.2. The van der Waals surface area contributed by atoms with Crippen molar-refractivity contribution in [3.05, 3.63) is 56.8 Å². The minimum Gasteiger partial charge on any atom is -0.387 e. The summed E-state index contributed by atoms with van der Waals surface area (Å²) >= 11 is 1.54. The predicted octanol–water partition coefficient (Wildman–Crippen LogP) is 2.99. The maximum absolute atomic E-state index is 10.8. The van der Waals surface area contributed by atoms with Gasteiger partial charge in [-0.15, -0.1) is 11.3 Å². The minimum atomic E-state index is -0.526. The fourth-order valence-electron chi connectivity index (χ4n) is 2.81. The quantitative estimate of drug-likeness (QED) is 0.672. The van der Waals surface area contributed by atoms with Crippen molar-refractivity contribution in [3.8, 4) is 0 Å². The summed E-state index contributed by atoms with van der Waals surface area (Å²) in [6, 6.07) is 10.4. The third-order valence-electron chi connectivity index (χ3n) is 3.99. The van der Waals surface area contributed by atoms with Gasteiger partial charge in [-0.05, 0) is 23.6 Å². The number of aliphatic hydroxyl groups is 1. The third-order valence-corrected chi connectivity index (χ3v) is 4.96. The lowest BCUT2D eigenvalue weighted by atomic mass is 10.0. The Kier molecular flexibility index (Phi) is 4.90. The molecule has 1 fully saturated rings. The van der Waals surface area contributed by atoms with Gasteiger partial charge >= 0.3 is 0 Å². The molecule has 3 rings (SSSR count). The van der Waals surface area contributed by atoms with Gasteiger partial charge in [0.2, 0.25) is 0 Å². The third kappa shape index (κ3) is 3.69. The average Bonchev–Trinajstić information content (AvgIpc) is 3.10. The van der Waals surface area contributed by atoms with Crippen LogP contribution in [0, 0.1) is 10.1 Å². The molecule has 6 nitrogen and oxygen atoms in total. The van der Waals surface area contributed by atoms with Gasteiger partial charge in [-0.3, -0.25) is 10.1 Å². The van der Waals surface area contributed by atoms with Crippen molar-refractivity contribution in [1.82, 2.24) is 0 Å². The van der Waals surface area contributed by atoms with E-state index in [-0.39, 0.29) is 11.7 Å². The highest BCUT2D eigenvalue weighted by molar-refractivity contribution is 7.10. The van der Waals surface area contributed by atoms with Gasteiger partial charge in [0, 0.05) is 35.7 Å². The first kappa shape index (κ1) is 15.9. The molecule has 0 aliphatic carbocycles. The molecule has 1 aromatic carbocycles. The summed E-state index contributed by atoms with van der Waals surface area (Å²) in [4.78, 5) is 13.5. The summed E-state index contributed by atoms with van der Waals surface area (Å²) in [7, 11) is 0. The Labute approximate surface area is 138 Å². The number of nitro groups is 1. The minimum absolute atomic E-state index is 0.0438. The molecule has 0 saturated carbocycles. The van der Waals surface area contributed by atoms with Crippen LogP contribution < -0.4 is 4.90 Å². The molecule has 0 amide bonds. The number of morpholine rings is 1. The number of nitrogens with zero attached hydrogens (tertiary/aromatic N) is 2. The highest BCUT2D eigenvalue weighted by Gasteiger charge is 2.27. The second kappa shape index (κ2) is 7.08. The standard InChI is InChI=1S/C16H18N2O4S/c19-15(16-2-1-9-23-16)10-14-11-22-8-7-17(14)12-3-5-13(6-4-12)18(20)21/h1-6,9,14-15,19H,7-8,10-11H2. The number of anilines is 1. The monoisotopic (exact) mass is 334 g/mol. The van der Waals surface area contributed by atoms with E-state index in [9.17, 15) is 15.2 Å². The largest absolute Gasteiger partial charge is 0.387 e. The number of thiophene rings is 1. The summed E-state index contributed by atoms with van der Waals surface area (Å²) in [6.45, 7) is 1.86. The molecule has 7 heteroatoms. The summed E-state index contributed by atoms with van der Waals surface area (Å²) in [5.74, 6) is 0. The Morgan fingerprint density at radius 2 is 2.17 bits per heavy atom. The Bertz CT molecular complexity index is 645. The molecule has 1 saturated heterocycles. The zero-order valence-corrected chi connectivity index (χ0v) is 13.3. The van der Waals surface area contributed by atoms with E-state index in [1.54, 1.807) is 12.1 Å². The number of hydrogen-bond donors (Lipinski definition) is 1. The molecule has 122 valence electrons. The molecule has 23 heavy (non-hydrogen) atoms. The van der Waals surface area contributed by atoms with Gasteiger partial charge in [-0.2, -0.15) is 0 Å². The zero-order valence-electron chi connectivity index (χ0n) is 12.5. The van der Waals surface area contributed by atoms with Crippen LogP contribution in [0.1, 0.15) is 17.4 Å². The molecule has 0 spiro atoms. The first-order valence-corrected chi connectivity index (χ1v) is 8.33. The first-order valence-electron chi connectivity index (χ1n) is 7.45. The lowest BCUT2D eigenvalue weighted by Gasteiger charge is -2.38. The Balaban J connectivity index is 1.74. The van der Waals surface area contributed by atoms with Crippen LogP contribution in [-0.4, -0.2) is 35.8 Å². The lowest BCUT2D eigenvalue weighted by Crippen LogP contribution is -2.46. The SMILES string of the molecule is O=[N+]([O-])c1ccc(N2CCOCC2CC(O)c2cccs2)cc1. The fraction of sp³-hybridized carbons (Fsp3) is 0.375. The van der Waals surface area contributed by atoms with E-state index in [0.29, 0.717) is 26.2 Å². The van der Waals surface area contributed by atoms with Crippen molar-refractivity contribution < 1.29 is 14.8 Å². The van der Waals surface area contributed by atoms with Crippen LogP contribution >= 0.6 is 11.3 Å². The lowest BCUT2D eigenvalue weighted by molar-refractivity contribution is -0.384. The number of benzene rings is 1. The molecule has 0 bridgehead atoms. The van der Waals surface area contributed by atoms with Crippen LogP contribution in [0.25, 0.3) is 0 Å². The number of hydrogen-bond acceptors (Lipinski definition) is 6. The summed E-state index contributed by atoms with van der Waals surface area (Å²) in [6.07, 6.45) is 0.0413. The summed E-state index contributed by atoms with van der Waals surface area (Å²) < 4.78 is 5.56. The van der Waals surface area contributed by atoms with E-state index < -0.39 is 11.0 Å². The Morgan fingerprint density at radius 3 is 2.83 bits per heavy atom. The van der Waals surface area contributed by atoms with E-state index in [4.69, 9.17) is 4.74 Å². The van der Waals surface area contributed by atoms with E-state index in [2.05, 4.69) is 4.90 Å². The van der Waals surface area contributed by atoms with Crippen molar-refractivity contribution in [2.24, 2.45) is 0 Å². The van der Waals surface area contributed by atoms with Gasteiger partial charge in [-0.25, -0.2) is 0 Å². The summed E-state index contributed by atoms with van der Waals surface area (Å²) in [5, 5.41) is 23.1. The van der Waals surface area contributed by atoms with Crippen LogP contribution in [0.15, 0.2) is 41.8 Å². The molecule has 1 aliphatic rings. The maximum atomic E-state index is 10.8. The molecule has 2 unspecified atom stereocenters. The number of nitro benzene ring substituents is 1. The van der Waals surface area contributed by atoms with Crippen LogP contribution in [0.3, 0.4) is 0 Å². The molecule has 2 atom stereocenters. The van der Waals surface area contributed by atoms with Crippen molar-refractivity contribution in [3.63, 3.8) is 0 Å². The second-order valence-corrected chi connectivity index (χ2v) is 6.44. The second-order valence-electron chi connectivity index (χ2n) is 5.46. The topological polar surface area (TPSA) is 75.8 Å². The fourth-order valence-corrected chi connectivity index (χ4v) is 3.54. The van der Waals surface area contributed by atoms with Gasteiger partial charge in [-0.1, -0.05) is 6.07 Å². The van der Waals surface area contributed by atoms with Gasteiger partial charge in [0.1, 0.15) is 0 Å².